The van der Waals surface area contributed by atoms with E-state index in [4.69, 9.17) is 9.47 Å². The van der Waals surface area contributed by atoms with Gasteiger partial charge in [0.1, 0.15) is 11.6 Å². The van der Waals surface area contributed by atoms with Crippen LogP contribution >= 0.6 is 27.3 Å². The summed E-state index contributed by atoms with van der Waals surface area (Å²) in [4.78, 5) is 17.5. The van der Waals surface area contributed by atoms with Crippen LogP contribution in [0.15, 0.2) is 56.7 Å². The third-order valence-electron chi connectivity index (χ3n) is 5.28. The average molecular weight is 570 g/mol. The van der Waals surface area contributed by atoms with Crippen molar-refractivity contribution in [3.8, 4) is 11.5 Å². The van der Waals surface area contributed by atoms with Crippen LogP contribution in [0.5, 0.6) is 11.5 Å². The molecule has 0 radical (unpaired) electrons. The number of amides is 1. The zero-order valence-corrected chi connectivity index (χ0v) is 21.3. The van der Waals surface area contributed by atoms with Crippen LogP contribution in [0.25, 0.3) is 0 Å². The molecule has 4 rings (SSSR count). The zero-order chi connectivity index (χ0) is 24.3. The predicted molar refractivity (Wildman–Crippen MR) is 129 cm³/mol. The van der Waals surface area contributed by atoms with E-state index in [2.05, 4.69) is 20.9 Å². The Labute approximate surface area is 209 Å². The van der Waals surface area contributed by atoms with Crippen molar-refractivity contribution in [1.82, 2.24) is 9.88 Å². The molecule has 180 valence electrons. The van der Waals surface area contributed by atoms with Gasteiger partial charge in [0.25, 0.3) is 10.0 Å². The number of benzene rings is 2. The number of nitrogens with zero attached hydrogens (tertiary/aromatic N) is 3. The second kappa shape index (κ2) is 10.3. The molecule has 1 amide bonds. The van der Waals surface area contributed by atoms with Gasteiger partial charge >= 0.3 is 6.09 Å². The fraction of sp³-hybridized carbons (Fsp3) is 0.273. The Morgan fingerprint density at radius 2 is 1.91 bits per heavy atom. The van der Waals surface area contributed by atoms with Crippen LogP contribution in [0.3, 0.4) is 0 Å². The van der Waals surface area contributed by atoms with Gasteiger partial charge in [0.05, 0.1) is 23.6 Å². The normalized spacial score (nSPS) is 13.7. The molecule has 0 saturated carbocycles. The minimum atomic E-state index is -4.55. The molecule has 34 heavy (non-hydrogen) atoms. The largest absolute Gasteiger partial charge is 0.497 e. The van der Waals surface area contributed by atoms with Crippen molar-refractivity contribution in [2.24, 2.45) is 0 Å². The van der Waals surface area contributed by atoms with Crippen LogP contribution in [0, 0.1) is 5.82 Å². The number of carbonyl (C=O) groups excluding carboxylic acids is 1. The third-order valence-corrected chi connectivity index (χ3v) is 8.27. The minimum Gasteiger partial charge on any atom is -0.497 e. The standard InChI is InChI=1S/C22H21BrFN3O5S2/c1-31-16-6-4-15(5-7-16)12-27(19-13-33-14-25-19)34(29,30)21-18(24)9-8-17(23)20(21)32-22(28)26-10-2-3-11-26/h4-9,13-14H,2-3,10-12H2,1H3. The summed E-state index contributed by atoms with van der Waals surface area (Å²) >= 11 is 4.42. The smallest absolute Gasteiger partial charge is 0.415 e. The van der Waals surface area contributed by atoms with Crippen molar-refractivity contribution in [3.05, 3.63) is 63.1 Å². The van der Waals surface area contributed by atoms with Crippen LogP contribution in [0.1, 0.15) is 18.4 Å². The van der Waals surface area contributed by atoms with Crippen LogP contribution in [0.2, 0.25) is 0 Å². The van der Waals surface area contributed by atoms with Crippen molar-refractivity contribution in [2.45, 2.75) is 24.3 Å². The first-order chi connectivity index (χ1) is 16.3. The van der Waals surface area contributed by atoms with Gasteiger partial charge in [0, 0.05) is 18.5 Å². The third kappa shape index (κ3) is 5.03. The molecule has 2 aromatic carbocycles. The number of halogens is 2. The molecule has 0 spiro atoms. The van der Waals surface area contributed by atoms with Gasteiger partial charge in [-0.15, -0.1) is 11.3 Å². The van der Waals surface area contributed by atoms with E-state index in [0.717, 1.165) is 23.2 Å². The number of thiazole rings is 1. The fourth-order valence-corrected chi connectivity index (χ4v) is 6.26. The molecule has 3 aromatic rings. The first-order valence-electron chi connectivity index (χ1n) is 10.3. The molecule has 1 fully saturated rings. The highest BCUT2D eigenvalue weighted by Gasteiger charge is 2.35. The molecule has 12 heteroatoms. The second-order valence-corrected chi connectivity index (χ2v) is 10.8. The molecule has 0 atom stereocenters. The van der Waals surface area contributed by atoms with Crippen LogP contribution < -0.4 is 13.8 Å². The summed E-state index contributed by atoms with van der Waals surface area (Å²) in [5.74, 6) is -0.702. The zero-order valence-electron chi connectivity index (χ0n) is 18.1. The number of ether oxygens (including phenoxy) is 2. The Hall–Kier alpha value is -2.70. The Morgan fingerprint density at radius 3 is 2.53 bits per heavy atom. The number of carbonyl (C=O) groups is 1. The maximum atomic E-state index is 15.1. The van der Waals surface area contributed by atoms with Gasteiger partial charge in [-0.1, -0.05) is 12.1 Å². The number of methoxy groups -OCH3 is 1. The van der Waals surface area contributed by atoms with Crippen molar-refractivity contribution in [3.63, 3.8) is 0 Å². The number of sulfonamides is 1. The van der Waals surface area contributed by atoms with Gasteiger partial charge in [0.2, 0.25) is 0 Å². The summed E-state index contributed by atoms with van der Waals surface area (Å²) < 4.78 is 54.6. The van der Waals surface area contributed by atoms with E-state index in [1.807, 2.05) is 0 Å². The fourth-order valence-electron chi connectivity index (χ4n) is 3.53. The number of likely N-dealkylation sites (tertiary alicyclic amines) is 1. The number of aromatic nitrogens is 1. The van der Waals surface area contributed by atoms with Crippen LogP contribution in [-0.4, -0.2) is 44.6 Å². The summed E-state index contributed by atoms with van der Waals surface area (Å²) in [5, 5.41) is 1.55. The molecule has 2 heterocycles. The molecule has 1 aliphatic heterocycles. The van der Waals surface area contributed by atoms with Crippen molar-refractivity contribution in [1.29, 1.82) is 0 Å². The Morgan fingerprint density at radius 1 is 1.21 bits per heavy atom. The number of hydrogen-bond acceptors (Lipinski definition) is 7. The van der Waals surface area contributed by atoms with E-state index >= 15 is 4.39 Å². The average Bonchev–Trinajstić information content (AvgIpc) is 3.54. The van der Waals surface area contributed by atoms with Gasteiger partial charge in [-0.2, -0.15) is 0 Å². The minimum absolute atomic E-state index is 0.122. The summed E-state index contributed by atoms with van der Waals surface area (Å²) in [6.45, 7) is 0.869. The maximum absolute atomic E-state index is 15.1. The van der Waals surface area contributed by atoms with E-state index < -0.39 is 32.6 Å². The summed E-state index contributed by atoms with van der Waals surface area (Å²) in [7, 11) is -3.02. The molecule has 1 aliphatic rings. The molecule has 1 aromatic heterocycles. The van der Waals surface area contributed by atoms with E-state index in [9.17, 15) is 13.2 Å². The Kier molecular flexibility index (Phi) is 7.39. The Balaban J connectivity index is 1.76. The van der Waals surface area contributed by atoms with Crippen LogP contribution in [-0.2, 0) is 16.6 Å². The lowest BCUT2D eigenvalue weighted by Gasteiger charge is -2.25. The highest BCUT2D eigenvalue weighted by atomic mass is 79.9. The first kappa shape index (κ1) is 24.4. The molecule has 1 saturated heterocycles. The second-order valence-electron chi connectivity index (χ2n) is 7.46. The topological polar surface area (TPSA) is 89.0 Å². The molecular formula is C22H21BrFN3O5S2. The highest BCUT2D eigenvalue weighted by molar-refractivity contribution is 9.10. The number of anilines is 1. The van der Waals surface area contributed by atoms with Gasteiger partial charge in [-0.3, -0.25) is 0 Å². The highest BCUT2D eigenvalue weighted by Crippen LogP contribution is 2.38. The predicted octanol–water partition coefficient (Wildman–Crippen LogP) is 5.04. The summed E-state index contributed by atoms with van der Waals surface area (Å²) in [6.07, 6.45) is 0.921. The molecule has 0 aliphatic carbocycles. The van der Waals surface area contributed by atoms with Gasteiger partial charge in [-0.05, 0) is 58.6 Å². The number of hydrogen-bond donors (Lipinski definition) is 0. The first-order valence-corrected chi connectivity index (χ1v) is 13.5. The molecule has 0 N–H and O–H groups in total. The van der Waals surface area contributed by atoms with E-state index in [1.54, 1.807) is 29.6 Å². The van der Waals surface area contributed by atoms with Gasteiger partial charge in [0.15, 0.2) is 16.5 Å². The number of rotatable bonds is 7. The van der Waals surface area contributed by atoms with Crippen LogP contribution in [0.4, 0.5) is 15.0 Å². The quantitative estimate of drug-likeness (QED) is 0.396. The van der Waals surface area contributed by atoms with Crippen molar-refractivity contribution < 1.29 is 27.1 Å². The lowest BCUT2D eigenvalue weighted by molar-refractivity contribution is 0.161. The van der Waals surface area contributed by atoms with E-state index in [1.165, 1.54) is 34.9 Å². The van der Waals surface area contributed by atoms with Crippen molar-refractivity contribution >= 4 is 49.2 Å². The molecular weight excluding hydrogens is 549 g/mol. The molecule has 0 bridgehead atoms. The summed E-state index contributed by atoms with van der Waals surface area (Å²) in [6, 6.07) is 9.13. The Bertz CT molecular complexity index is 1260. The maximum Gasteiger partial charge on any atom is 0.415 e. The van der Waals surface area contributed by atoms with Crippen molar-refractivity contribution in [2.75, 3.05) is 24.5 Å². The monoisotopic (exact) mass is 569 g/mol. The van der Waals surface area contributed by atoms with Gasteiger partial charge in [-0.25, -0.2) is 26.9 Å². The lowest BCUT2D eigenvalue weighted by atomic mass is 10.2. The molecule has 0 unspecified atom stereocenters. The lowest BCUT2D eigenvalue weighted by Crippen LogP contribution is -2.34. The molecule has 8 nitrogen and oxygen atoms in total. The van der Waals surface area contributed by atoms with E-state index in [0.29, 0.717) is 24.4 Å². The summed E-state index contributed by atoms with van der Waals surface area (Å²) in [5.41, 5.74) is 2.11. The van der Waals surface area contributed by atoms with E-state index in [-0.39, 0.29) is 16.8 Å². The van der Waals surface area contributed by atoms with Gasteiger partial charge < -0.3 is 14.4 Å². The SMILES string of the molecule is COc1ccc(CN(c2cscn2)S(=O)(=O)c2c(F)ccc(Br)c2OC(=O)N2CCCC2)cc1.